The number of benzene rings is 1. The molecule has 0 saturated heterocycles. The summed E-state index contributed by atoms with van der Waals surface area (Å²) in [7, 11) is 0. The van der Waals surface area contributed by atoms with E-state index in [4.69, 9.17) is 4.52 Å². The van der Waals surface area contributed by atoms with Crippen LogP contribution in [0.3, 0.4) is 0 Å². The van der Waals surface area contributed by atoms with Crippen molar-refractivity contribution in [1.82, 2.24) is 19.9 Å². The van der Waals surface area contributed by atoms with E-state index in [0.717, 1.165) is 5.56 Å². The number of nitriles is 1. The molecule has 0 spiro atoms. The Labute approximate surface area is 150 Å². The van der Waals surface area contributed by atoms with Crippen LogP contribution in [0.15, 0.2) is 33.6 Å². The van der Waals surface area contributed by atoms with Crippen LogP contribution in [0.25, 0.3) is 11.4 Å². The zero-order valence-electron chi connectivity index (χ0n) is 15.1. The molecule has 132 valence electrons. The number of nitrogens with zero attached hydrogens (tertiary/aromatic N) is 5. The van der Waals surface area contributed by atoms with Gasteiger partial charge in [-0.05, 0) is 30.9 Å². The van der Waals surface area contributed by atoms with Crippen LogP contribution in [-0.4, -0.2) is 19.9 Å². The number of aromatic nitrogens is 4. The third-order valence-corrected chi connectivity index (χ3v) is 4.34. The van der Waals surface area contributed by atoms with Gasteiger partial charge in [-0.25, -0.2) is 4.68 Å². The summed E-state index contributed by atoms with van der Waals surface area (Å²) >= 11 is 0. The van der Waals surface area contributed by atoms with Gasteiger partial charge in [-0.2, -0.15) is 15.3 Å². The Morgan fingerprint density at radius 2 is 1.92 bits per heavy atom. The molecule has 0 aliphatic carbocycles. The SMILES string of the molecule is Cc1nn(Cc2nc(-c3ccc(C(C)C)cc3)no2)c(=O)c(C#N)c1C. The van der Waals surface area contributed by atoms with Crippen molar-refractivity contribution >= 4 is 0 Å². The molecular weight excluding hydrogens is 330 g/mol. The lowest BCUT2D eigenvalue weighted by molar-refractivity contribution is 0.362. The molecule has 1 aromatic carbocycles. The first-order valence-electron chi connectivity index (χ1n) is 8.32. The van der Waals surface area contributed by atoms with E-state index in [9.17, 15) is 10.1 Å². The quantitative estimate of drug-likeness (QED) is 0.718. The smallest absolute Gasteiger partial charge is 0.285 e. The maximum atomic E-state index is 12.3. The fourth-order valence-corrected chi connectivity index (χ4v) is 2.59. The maximum absolute atomic E-state index is 12.3. The Morgan fingerprint density at radius 3 is 2.54 bits per heavy atom. The van der Waals surface area contributed by atoms with Crippen molar-refractivity contribution in [2.45, 2.75) is 40.2 Å². The van der Waals surface area contributed by atoms with Gasteiger partial charge in [0.05, 0.1) is 5.69 Å². The van der Waals surface area contributed by atoms with Crippen LogP contribution in [-0.2, 0) is 6.54 Å². The monoisotopic (exact) mass is 349 g/mol. The van der Waals surface area contributed by atoms with Crippen molar-refractivity contribution in [2.75, 3.05) is 0 Å². The van der Waals surface area contributed by atoms with E-state index in [1.807, 2.05) is 30.3 Å². The van der Waals surface area contributed by atoms with Gasteiger partial charge in [0, 0.05) is 5.56 Å². The molecule has 26 heavy (non-hydrogen) atoms. The topological polar surface area (TPSA) is 97.6 Å². The summed E-state index contributed by atoms with van der Waals surface area (Å²) in [6, 6.07) is 9.89. The highest BCUT2D eigenvalue weighted by Gasteiger charge is 2.15. The molecule has 0 bridgehead atoms. The van der Waals surface area contributed by atoms with Gasteiger partial charge in [-0.1, -0.05) is 43.3 Å². The molecule has 2 aromatic heterocycles. The summed E-state index contributed by atoms with van der Waals surface area (Å²) in [6.07, 6.45) is 0. The molecule has 0 atom stereocenters. The van der Waals surface area contributed by atoms with Gasteiger partial charge < -0.3 is 4.52 Å². The second-order valence-electron chi connectivity index (χ2n) is 6.45. The summed E-state index contributed by atoms with van der Waals surface area (Å²) in [5, 5.41) is 17.4. The van der Waals surface area contributed by atoms with Crippen molar-refractivity contribution in [3.8, 4) is 17.5 Å². The predicted octanol–water partition coefficient (Wildman–Crippen LogP) is 2.95. The average molecular weight is 349 g/mol. The highest BCUT2D eigenvalue weighted by Crippen LogP contribution is 2.20. The van der Waals surface area contributed by atoms with Crippen molar-refractivity contribution in [1.29, 1.82) is 5.26 Å². The first-order chi connectivity index (χ1) is 12.4. The van der Waals surface area contributed by atoms with Crippen LogP contribution in [0.1, 0.15) is 48.0 Å². The van der Waals surface area contributed by atoms with Gasteiger partial charge >= 0.3 is 0 Å². The minimum Gasteiger partial charge on any atom is -0.337 e. The first kappa shape index (κ1) is 17.5. The molecule has 0 unspecified atom stereocenters. The summed E-state index contributed by atoms with van der Waals surface area (Å²) in [6.45, 7) is 7.74. The Hall–Kier alpha value is -3.27. The molecule has 0 N–H and O–H groups in total. The molecule has 2 heterocycles. The van der Waals surface area contributed by atoms with Crippen LogP contribution in [0.4, 0.5) is 0 Å². The van der Waals surface area contributed by atoms with Crippen LogP contribution in [0.5, 0.6) is 0 Å². The number of hydrogen-bond donors (Lipinski definition) is 0. The van der Waals surface area contributed by atoms with Gasteiger partial charge in [-0.15, -0.1) is 0 Å². The Bertz CT molecular complexity index is 1040. The van der Waals surface area contributed by atoms with E-state index in [2.05, 4.69) is 29.1 Å². The van der Waals surface area contributed by atoms with Crippen LogP contribution in [0.2, 0.25) is 0 Å². The largest absolute Gasteiger partial charge is 0.337 e. The molecule has 0 radical (unpaired) electrons. The molecule has 0 saturated carbocycles. The van der Waals surface area contributed by atoms with E-state index in [1.54, 1.807) is 13.8 Å². The Kier molecular flexibility index (Phi) is 4.67. The minimum absolute atomic E-state index is 0.0196. The molecule has 3 aromatic rings. The van der Waals surface area contributed by atoms with Gasteiger partial charge in [0.1, 0.15) is 18.2 Å². The second kappa shape index (κ2) is 6.92. The van der Waals surface area contributed by atoms with Gasteiger partial charge in [0.2, 0.25) is 11.7 Å². The van der Waals surface area contributed by atoms with Crippen LogP contribution >= 0.6 is 0 Å². The highest BCUT2D eigenvalue weighted by atomic mass is 16.5. The number of aryl methyl sites for hydroxylation is 1. The molecular formula is C19H19N5O2. The summed E-state index contributed by atoms with van der Waals surface area (Å²) in [5.41, 5.74) is 2.89. The summed E-state index contributed by atoms with van der Waals surface area (Å²) in [5.74, 6) is 1.16. The van der Waals surface area contributed by atoms with E-state index in [0.29, 0.717) is 23.0 Å². The van der Waals surface area contributed by atoms with Crippen LogP contribution in [0, 0.1) is 25.2 Å². The summed E-state index contributed by atoms with van der Waals surface area (Å²) < 4.78 is 6.44. The van der Waals surface area contributed by atoms with Crippen molar-refractivity contribution in [3.05, 3.63) is 62.9 Å². The van der Waals surface area contributed by atoms with E-state index in [-0.39, 0.29) is 18.0 Å². The molecule has 7 nitrogen and oxygen atoms in total. The zero-order valence-corrected chi connectivity index (χ0v) is 15.1. The minimum atomic E-state index is -0.461. The highest BCUT2D eigenvalue weighted by molar-refractivity contribution is 5.54. The van der Waals surface area contributed by atoms with E-state index in [1.165, 1.54) is 10.2 Å². The first-order valence-corrected chi connectivity index (χ1v) is 8.32. The number of rotatable bonds is 4. The molecule has 0 aliphatic rings. The third-order valence-electron chi connectivity index (χ3n) is 4.34. The maximum Gasteiger partial charge on any atom is 0.285 e. The normalized spacial score (nSPS) is 10.9. The summed E-state index contributed by atoms with van der Waals surface area (Å²) in [4.78, 5) is 16.7. The zero-order chi connectivity index (χ0) is 18.8. The van der Waals surface area contributed by atoms with Crippen molar-refractivity contribution < 1.29 is 4.52 Å². The molecule has 0 aliphatic heterocycles. The van der Waals surface area contributed by atoms with Crippen LogP contribution < -0.4 is 5.56 Å². The Balaban J connectivity index is 1.89. The Morgan fingerprint density at radius 1 is 1.23 bits per heavy atom. The lowest BCUT2D eigenvalue weighted by atomic mass is 10.0. The average Bonchev–Trinajstić information content (AvgIpc) is 3.09. The standard InChI is InChI=1S/C19H19N5O2/c1-11(2)14-5-7-15(8-6-14)18-21-17(26-23-18)10-24-19(25)16(9-20)12(3)13(4)22-24/h5-8,11H,10H2,1-4H3. The van der Waals surface area contributed by atoms with Gasteiger partial charge in [0.15, 0.2) is 0 Å². The lowest BCUT2D eigenvalue weighted by Gasteiger charge is -2.06. The molecule has 0 amide bonds. The van der Waals surface area contributed by atoms with Crippen molar-refractivity contribution in [2.24, 2.45) is 0 Å². The second-order valence-corrected chi connectivity index (χ2v) is 6.45. The molecule has 7 heteroatoms. The number of hydrogen-bond acceptors (Lipinski definition) is 6. The van der Waals surface area contributed by atoms with Gasteiger partial charge in [-0.3, -0.25) is 4.79 Å². The van der Waals surface area contributed by atoms with Crippen molar-refractivity contribution in [3.63, 3.8) is 0 Å². The van der Waals surface area contributed by atoms with E-state index < -0.39 is 5.56 Å². The fraction of sp³-hybridized carbons (Fsp3) is 0.316. The third kappa shape index (κ3) is 3.26. The fourth-order valence-electron chi connectivity index (χ4n) is 2.59. The lowest BCUT2D eigenvalue weighted by Crippen LogP contribution is -2.28. The molecule has 3 rings (SSSR count). The molecule has 0 fully saturated rings. The van der Waals surface area contributed by atoms with Gasteiger partial charge in [0.25, 0.3) is 5.56 Å². The van der Waals surface area contributed by atoms with E-state index >= 15 is 0 Å². The predicted molar refractivity (Wildman–Crippen MR) is 95.6 cm³/mol.